The van der Waals surface area contributed by atoms with Crippen LogP contribution >= 0.6 is 0 Å². The SMILES string of the molecule is C=CC12CN(C)C3CC14C(=Nc1ccccc14)C1CC2C3CO1. The van der Waals surface area contributed by atoms with Crippen molar-refractivity contribution in [2.75, 3.05) is 20.2 Å². The molecule has 7 rings (SSSR count). The second-order valence-electron chi connectivity index (χ2n) is 8.18. The van der Waals surface area contributed by atoms with Crippen LogP contribution in [-0.2, 0) is 10.2 Å². The number of hydrogen-bond donors (Lipinski definition) is 0. The van der Waals surface area contributed by atoms with E-state index in [2.05, 4.69) is 48.9 Å². The van der Waals surface area contributed by atoms with Crippen molar-refractivity contribution < 1.29 is 4.74 Å². The van der Waals surface area contributed by atoms with Crippen molar-refractivity contribution >= 4 is 11.4 Å². The van der Waals surface area contributed by atoms with Crippen LogP contribution in [0.5, 0.6) is 0 Å². The molecule has 5 fully saturated rings. The third kappa shape index (κ3) is 1.15. The highest BCUT2D eigenvalue weighted by Gasteiger charge is 2.74. The first-order valence-electron chi connectivity index (χ1n) is 8.85. The summed E-state index contributed by atoms with van der Waals surface area (Å²) in [5.41, 5.74) is 4.07. The molecule has 0 aromatic heterocycles. The topological polar surface area (TPSA) is 24.8 Å². The van der Waals surface area contributed by atoms with Crippen LogP contribution in [0, 0.1) is 17.3 Å². The summed E-state index contributed by atoms with van der Waals surface area (Å²) >= 11 is 0. The molecule has 6 aliphatic rings. The van der Waals surface area contributed by atoms with Crippen molar-refractivity contribution in [3.8, 4) is 0 Å². The summed E-state index contributed by atoms with van der Waals surface area (Å²) in [6.07, 6.45) is 4.85. The molecule has 3 heteroatoms. The third-order valence-electron chi connectivity index (χ3n) is 7.73. The average Bonchev–Trinajstić information content (AvgIpc) is 2.90. The second-order valence-corrected chi connectivity index (χ2v) is 8.18. The smallest absolute Gasteiger partial charge is 0.0968 e. The Balaban J connectivity index is 1.72. The Labute approximate surface area is 137 Å². The summed E-state index contributed by atoms with van der Waals surface area (Å²) in [6, 6.07) is 9.39. The molecule has 3 saturated heterocycles. The van der Waals surface area contributed by atoms with Gasteiger partial charge in [-0.25, -0.2) is 0 Å². The van der Waals surface area contributed by atoms with Crippen LogP contribution in [0.2, 0.25) is 0 Å². The lowest BCUT2D eigenvalue weighted by molar-refractivity contribution is -0.190. The van der Waals surface area contributed by atoms with E-state index in [0.29, 0.717) is 17.9 Å². The van der Waals surface area contributed by atoms with Crippen molar-refractivity contribution in [3.05, 3.63) is 42.5 Å². The summed E-state index contributed by atoms with van der Waals surface area (Å²) in [5.74, 6) is 1.35. The van der Waals surface area contributed by atoms with Gasteiger partial charge in [-0.3, -0.25) is 4.99 Å². The molecule has 1 aromatic carbocycles. The lowest BCUT2D eigenvalue weighted by Crippen LogP contribution is -2.78. The fourth-order valence-corrected chi connectivity index (χ4v) is 6.95. The van der Waals surface area contributed by atoms with Gasteiger partial charge >= 0.3 is 0 Å². The molecule has 4 heterocycles. The monoisotopic (exact) mass is 306 g/mol. The van der Waals surface area contributed by atoms with E-state index in [1.807, 2.05) is 0 Å². The van der Waals surface area contributed by atoms with Crippen LogP contribution in [0.3, 0.4) is 0 Å². The van der Waals surface area contributed by atoms with Gasteiger partial charge in [0.25, 0.3) is 0 Å². The number of para-hydroxylation sites is 1. The predicted octanol–water partition coefficient (Wildman–Crippen LogP) is 2.94. The normalized spacial score (nSPS) is 48.8. The quantitative estimate of drug-likeness (QED) is 0.745. The van der Waals surface area contributed by atoms with E-state index in [0.717, 1.165) is 19.6 Å². The highest BCUT2D eigenvalue weighted by molar-refractivity contribution is 6.07. The van der Waals surface area contributed by atoms with Crippen LogP contribution in [0.4, 0.5) is 5.69 Å². The number of aliphatic imine (C=N–C) groups is 1. The van der Waals surface area contributed by atoms with Crippen molar-refractivity contribution in [3.63, 3.8) is 0 Å². The minimum absolute atomic E-state index is 0.0347. The zero-order valence-corrected chi connectivity index (χ0v) is 13.5. The van der Waals surface area contributed by atoms with Crippen molar-refractivity contribution in [2.24, 2.45) is 22.2 Å². The molecule has 5 bridgehead atoms. The van der Waals surface area contributed by atoms with Gasteiger partial charge in [0.15, 0.2) is 0 Å². The summed E-state index contributed by atoms with van der Waals surface area (Å²) in [7, 11) is 2.29. The first kappa shape index (κ1) is 12.9. The maximum absolute atomic E-state index is 6.32. The van der Waals surface area contributed by atoms with E-state index in [1.165, 1.54) is 23.4 Å². The molecule has 0 radical (unpaired) electrons. The summed E-state index contributed by atoms with van der Waals surface area (Å²) < 4.78 is 6.32. The van der Waals surface area contributed by atoms with E-state index in [-0.39, 0.29) is 16.9 Å². The van der Waals surface area contributed by atoms with Gasteiger partial charge in [-0.1, -0.05) is 24.3 Å². The Morgan fingerprint density at radius 3 is 3.13 bits per heavy atom. The molecule has 2 aliphatic carbocycles. The molecule has 0 amide bonds. The molecule has 6 unspecified atom stereocenters. The van der Waals surface area contributed by atoms with E-state index < -0.39 is 0 Å². The number of fused-ring (bicyclic) bond motifs is 4. The van der Waals surface area contributed by atoms with Gasteiger partial charge in [0.1, 0.15) is 0 Å². The molecule has 118 valence electrons. The summed E-state index contributed by atoms with van der Waals surface area (Å²) in [5, 5.41) is 0. The molecular weight excluding hydrogens is 284 g/mol. The molecule has 2 saturated carbocycles. The van der Waals surface area contributed by atoms with Crippen molar-refractivity contribution in [2.45, 2.75) is 30.4 Å². The van der Waals surface area contributed by atoms with Gasteiger partial charge in [-0.05, 0) is 37.4 Å². The molecule has 6 atom stereocenters. The lowest BCUT2D eigenvalue weighted by Gasteiger charge is -2.72. The molecule has 3 nitrogen and oxygen atoms in total. The zero-order valence-electron chi connectivity index (χ0n) is 13.5. The summed E-state index contributed by atoms with van der Waals surface area (Å²) in [4.78, 5) is 7.70. The van der Waals surface area contributed by atoms with E-state index in [9.17, 15) is 0 Å². The number of hydrogen-bond acceptors (Lipinski definition) is 3. The van der Waals surface area contributed by atoms with Crippen molar-refractivity contribution in [1.29, 1.82) is 0 Å². The van der Waals surface area contributed by atoms with Crippen molar-refractivity contribution in [1.82, 2.24) is 4.90 Å². The first-order valence-corrected chi connectivity index (χ1v) is 8.85. The van der Waals surface area contributed by atoms with Crippen LogP contribution in [0.15, 0.2) is 41.9 Å². The van der Waals surface area contributed by atoms with Crippen LogP contribution < -0.4 is 0 Å². The average molecular weight is 306 g/mol. The zero-order chi connectivity index (χ0) is 15.4. The van der Waals surface area contributed by atoms with Gasteiger partial charge in [-0.15, -0.1) is 6.58 Å². The predicted molar refractivity (Wildman–Crippen MR) is 90.2 cm³/mol. The number of piperidine rings is 2. The van der Waals surface area contributed by atoms with E-state index in [1.54, 1.807) is 0 Å². The van der Waals surface area contributed by atoms with E-state index >= 15 is 0 Å². The highest BCUT2D eigenvalue weighted by atomic mass is 16.5. The van der Waals surface area contributed by atoms with E-state index in [4.69, 9.17) is 9.73 Å². The minimum Gasteiger partial charge on any atom is -0.372 e. The van der Waals surface area contributed by atoms with Gasteiger partial charge in [0, 0.05) is 23.9 Å². The number of benzene rings is 1. The molecule has 0 N–H and O–H groups in total. The minimum atomic E-state index is 0.0347. The summed E-state index contributed by atoms with van der Waals surface area (Å²) in [6.45, 7) is 6.37. The Morgan fingerprint density at radius 2 is 2.26 bits per heavy atom. The lowest BCUT2D eigenvalue weighted by atomic mass is 9.38. The molecule has 1 aromatic rings. The Bertz CT molecular complexity index is 771. The fourth-order valence-electron chi connectivity index (χ4n) is 6.95. The maximum atomic E-state index is 6.32. The Kier molecular flexibility index (Phi) is 2.12. The standard InChI is InChI=1S/C20H22N2O/c1-3-19-11-22(2)16-9-20(19)13-6-4-5-7-15(13)21-18(20)17-8-14(19)12(16)10-23-17/h3-7,12,14,16-17H,1,8-11H2,2H3. The largest absolute Gasteiger partial charge is 0.372 e. The molecule has 1 spiro atoms. The number of ether oxygens (including phenoxy) is 1. The van der Waals surface area contributed by atoms with Gasteiger partial charge in [-0.2, -0.15) is 0 Å². The third-order valence-corrected chi connectivity index (χ3v) is 7.73. The van der Waals surface area contributed by atoms with Gasteiger partial charge in [0.05, 0.1) is 29.5 Å². The van der Waals surface area contributed by atoms with Crippen LogP contribution in [-0.4, -0.2) is 43.0 Å². The number of rotatable bonds is 1. The fraction of sp³-hybridized carbons (Fsp3) is 0.550. The van der Waals surface area contributed by atoms with Gasteiger partial charge in [0.2, 0.25) is 0 Å². The molecule has 23 heavy (non-hydrogen) atoms. The number of nitrogens with zero attached hydrogens (tertiary/aromatic N) is 2. The maximum Gasteiger partial charge on any atom is 0.0968 e. The first-order chi connectivity index (χ1) is 11.2. The van der Waals surface area contributed by atoms with Crippen LogP contribution in [0.25, 0.3) is 0 Å². The highest BCUT2D eigenvalue weighted by Crippen LogP contribution is 2.70. The van der Waals surface area contributed by atoms with Crippen LogP contribution in [0.1, 0.15) is 18.4 Å². The second kappa shape index (κ2) is 3.79. The Hall–Kier alpha value is -1.45. The van der Waals surface area contributed by atoms with Gasteiger partial charge < -0.3 is 9.64 Å². The molecule has 4 aliphatic heterocycles. The molecular formula is C20H22N2O. The Morgan fingerprint density at radius 1 is 1.39 bits per heavy atom.